The average Bonchev–Trinajstić information content (AvgIpc) is 2.47. The van der Waals surface area contributed by atoms with Crippen LogP contribution in [0.2, 0.25) is 0 Å². The number of pyridine rings is 1. The van der Waals surface area contributed by atoms with Gasteiger partial charge in [0, 0.05) is 11.8 Å². The molecule has 0 aliphatic carbocycles. The number of hydrogen-bond donors (Lipinski definition) is 1. The van der Waals surface area contributed by atoms with Gasteiger partial charge in [-0.3, -0.25) is 9.78 Å². The monoisotopic (exact) mass is 282 g/mol. The van der Waals surface area contributed by atoms with Crippen molar-refractivity contribution >= 4 is 5.91 Å². The van der Waals surface area contributed by atoms with Crippen molar-refractivity contribution in [1.82, 2.24) is 10.3 Å². The van der Waals surface area contributed by atoms with E-state index in [0.717, 1.165) is 5.69 Å². The number of rotatable bonds is 3. The zero-order valence-electron chi connectivity index (χ0n) is 13.1. The molecule has 0 fully saturated rings. The summed E-state index contributed by atoms with van der Waals surface area (Å²) < 4.78 is 0. The molecule has 0 saturated heterocycles. The van der Waals surface area contributed by atoms with Crippen molar-refractivity contribution in [2.45, 2.75) is 39.2 Å². The molecule has 0 spiro atoms. The van der Waals surface area contributed by atoms with Crippen molar-refractivity contribution in [2.75, 3.05) is 0 Å². The van der Waals surface area contributed by atoms with E-state index in [2.05, 4.69) is 31.1 Å². The maximum atomic E-state index is 12.3. The van der Waals surface area contributed by atoms with E-state index in [1.807, 2.05) is 49.4 Å². The van der Waals surface area contributed by atoms with Crippen LogP contribution in [0.5, 0.6) is 0 Å². The quantitative estimate of drug-likeness (QED) is 0.928. The highest BCUT2D eigenvalue weighted by Crippen LogP contribution is 2.22. The smallest absolute Gasteiger partial charge is 0.251 e. The van der Waals surface area contributed by atoms with Gasteiger partial charge in [0.15, 0.2) is 0 Å². The summed E-state index contributed by atoms with van der Waals surface area (Å²) in [7, 11) is 0. The predicted molar refractivity (Wildman–Crippen MR) is 85.3 cm³/mol. The molecule has 2 rings (SSSR count). The van der Waals surface area contributed by atoms with E-state index in [1.54, 1.807) is 6.20 Å². The minimum atomic E-state index is -0.110. The van der Waals surface area contributed by atoms with Crippen molar-refractivity contribution in [2.24, 2.45) is 0 Å². The van der Waals surface area contributed by atoms with Crippen LogP contribution in [0.3, 0.4) is 0 Å². The van der Waals surface area contributed by atoms with E-state index in [4.69, 9.17) is 0 Å². The van der Waals surface area contributed by atoms with Gasteiger partial charge in [-0.2, -0.15) is 0 Å². The molecule has 0 aliphatic rings. The molecule has 0 aliphatic heterocycles. The zero-order chi connectivity index (χ0) is 15.5. The summed E-state index contributed by atoms with van der Waals surface area (Å²) in [5.74, 6) is -0.0754. The lowest BCUT2D eigenvalue weighted by Gasteiger charge is -2.19. The van der Waals surface area contributed by atoms with Crippen LogP contribution in [0.1, 0.15) is 55.4 Å². The van der Waals surface area contributed by atoms with Crippen molar-refractivity contribution < 1.29 is 4.79 Å². The number of aromatic nitrogens is 1. The molecule has 1 heterocycles. The van der Waals surface area contributed by atoms with Gasteiger partial charge in [-0.1, -0.05) is 39.0 Å². The van der Waals surface area contributed by atoms with E-state index >= 15 is 0 Å². The zero-order valence-corrected chi connectivity index (χ0v) is 13.1. The van der Waals surface area contributed by atoms with Gasteiger partial charge in [-0.15, -0.1) is 0 Å². The summed E-state index contributed by atoms with van der Waals surface area (Å²) in [5.41, 5.74) is 2.84. The first-order valence-corrected chi connectivity index (χ1v) is 7.20. The molecule has 0 radical (unpaired) electrons. The topological polar surface area (TPSA) is 42.0 Å². The molecule has 0 unspecified atom stereocenters. The first-order chi connectivity index (χ1) is 9.88. The lowest BCUT2D eigenvalue weighted by atomic mass is 9.86. The van der Waals surface area contributed by atoms with Gasteiger partial charge in [0.05, 0.1) is 11.7 Å². The van der Waals surface area contributed by atoms with Crippen LogP contribution in [0.4, 0.5) is 0 Å². The van der Waals surface area contributed by atoms with Gasteiger partial charge >= 0.3 is 0 Å². The molecule has 1 aromatic heterocycles. The standard InChI is InChI=1S/C18H22N2O/c1-13(16-7-5-6-12-19-16)20-17(21)14-8-10-15(11-9-14)18(2,3)4/h5-13H,1-4H3,(H,20,21)/t13-/m1/s1. The Kier molecular flexibility index (Phi) is 4.41. The SMILES string of the molecule is C[C@@H](NC(=O)c1ccc(C(C)(C)C)cc1)c1ccccn1. The first kappa shape index (κ1) is 15.2. The van der Waals surface area contributed by atoms with Crippen LogP contribution in [0, 0.1) is 0 Å². The normalized spacial score (nSPS) is 12.8. The molecule has 0 saturated carbocycles. The molecular weight excluding hydrogens is 260 g/mol. The van der Waals surface area contributed by atoms with Crippen LogP contribution in [-0.4, -0.2) is 10.9 Å². The van der Waals surface area contributed by atoms with E-state index in [-0.39, 0.29) is 17.4 Å². The second-order valence-corrected chi connectivity index (χ2v) is 6.28. The highest BCUT2D eigenvalue weighted by Gasteiger charge is 2.15. The molecule has 110 valence electrons. The van der Waals surface area contributed by atoms with Crippen LogP contribution in [-0.2, 0) is 5.41 Å². The molecular formula is C18H22N2O. The minimum Gasteiger partial charge on any atom is -0.344 e. The summed E-state index contributed by atoms with van der Waals surface area (Å²) in [6.45, 7) is 8.41. The van der Waals surface area contributed by atoms with Gasteiger partial charge in [-0.05, 0) is 42.2 Å². The van der Waals surface area contributed by atoms with Crippen molar-refractivity contribution in [1.29, 1.82) is 0 Å². The van der Waals surface area contributed by atoms with Crippen molar-refractivity contribution in [3.05, 3.63) is 65.5 Å². The van der Waals surface area contributed by atoms with E-state index < -0.39 is 0 Å². The third-order valence-corrected chi connectivity index (χ3v) is 3.49. The molecule has 1 atom stereocenters. The lowest BCUT2D eigenvalue weighted by molar-refractivity contribution is 0.0939. The van der Waals surface area contributed by atoms with Crippen LogP contribution in [0.15, 0.2) is 48.7 Å². The lowest BCUT2D eigenvalue weighted by Crippen LogP contribution is -2.27. The highest BCUT2D eigenvalue weighted by molar-refractivity contribution is 5.94. The van der Waals surface area contributed by atoms with Gasteiger partial charge in [-0.25, -0.2) is 0 Å². The highest BCUT2D eigenvalue weighted by atomic mass is 16.1. The Balaban J connectivity index is 2.07. The third-order valence-electron chi connectivity index (χ3n) is 3.49. The molecule has 21 heavy (non-hydrogen) atoms. The number of nitrogens with zero attached hydrogens (tertiary/aromatic N) is 1. The van der Waals surface area contributed by atoms with Crippen molar-refractivity contribution in [3.8, 4) is 0 Å². The van der Waals surface area contributed by atoms with Gasteiger partial charge in [0.2, 0.25) is 0 Å². The second kappa shape index (κ2) is 6.08. The Morgan fingerprint density at radius 2 is 1.76 bits per heavy atom. The van der Waals surface area contributed by atoms with Crippen LogP contribution >= 0.6 is 0 Å². The Morgan fingerprint density at radius 1 is 1.10 bits per heavy atom. The molecule has 3 nitrogen and oxygen atoms in total. The average molecular weight is 282 g/mol. The predicted octanol–water partition coefficient (Wildman–Crippen LogP) is 3.87. The first-order valence-electron chi connectivity index (χ1n) is 7.20. The van der Waals surface area contributed by atoms with E-state index in [1.165, 1.54) is 5.56 Å². The Labute approximate surface area is 126 Å². The molecule has 1 aromatic carbocycles. The molecule has 0 bridgehead atoms. The molecule has 1 amide bonds. The Morgan fingerprint density at radius 3 is 2.29 bits per heavy atom. The third kappa shape index (κ3) is 3.91. The summed E-state index contributed by atoms with van der Waals surface area (Å²) >= 11 is 0. The van der Waals surface area contributed by atoms with Crippen LogP contribution < -0.4 is 5.32 Å². The second-order valence-electron chi connectivity index (χ2n) is 6.28. The number of carbonyl (C=O) groups is 1. The summed E-state index contributed by atoms with van der Waals surface area (Å²) in [5, 5.41) is 2.97. The molecule has 2 aromatic rings. The maximum absolute atomic E-state index is 12.3. The number of amides is 1. The molecule has 3 heteroatoms. The minimum absolute atomic E-state index is 0.0754. The van der Waals surface area contributed by atoms with Gasteiger partial charge < -0.3 is 5.32 Å². The number of benzene rings is 1. The van der Waals surface area contributed by atoms with Crippen molar-refractivity contribution in [3.63, 3.8) is 0 Å². The fraction of sp³-hybridized carbons (Fsp3) is 0.333. The van der Waals surface area contributed by atoms with Gasteiger partial charge in [0.25, 0.3) is 5.91 Å². The number of hydrogen-bond acceptors (Lipinski definition) is 2. The van der Waals surface area contributed by atoms with E-state index in [0.29, 0.717) is 5.56 Å². The summed E-state index contributed by atoms with van der Waals surface area (Å²) in [6.07, 6.45) is 1.73. The maximum Gasteiger partial charge on any atom is 0.251 e. The molecule has 1 N–H and O–H groups in total. The van der Waals surface area contributed by atoms with Gasteiger partial charge in [0.1, 0.15) is 0 Å². The number of carbonyl (C=O) groups excluding carboxylic acids is 1. The Bertz CT molecular complexity index is 597. The fourth-order valence-electron chi connectivity index (χ4n) is 2.11. The summed E-state index contributed by atoms with van der Waals surface area (Å²) in [6, 6.07) is 13.4. The number of nitrogens with one attached hydrogen (secondary N) is 1. The van der Waals surface area contributed by atoms with E-state index in [9.17, 15) is 4.79 Å². The fourth-order valence-corrected chi connectivity index (χ4v) is 2.11. The summed E-state index contributed by atoms with van der Waals surface area (Å²) in [4.78, 5) is 16.5. The van der Waals surface area contributed by atoms with Crippen LogP contribution in [0.25, 0.3) is 0 Å². The Hall–Kier alpha value is -2.16. The largest absolute Gasteiger partial charge is 0.344 e.